The minimum absolute atomic E-state index is 0.0325. The number of anilines is 1. The molecule has 0 aliphatic heterocycles. The smallest absolute Gasteiger partial charge is 0.268 e. The molecule has 0 aliphatic carbocycles. The van der Waals surface area contributed by atoms with Gasteiger partial charge in [-0.2, -0.15) is 5.26 Å². The van der Waals surface area contributed by atoms with Gasteiger partial charge in [-0.05, 0) is 54.3 Å². The van der Waals surface area contributed by atoms with Crippen LogP contribution >= 0.6 is 11.3 Å². The van der Waals surface area contributed by atoms with Crippen molar-refractivity contribution in [3.63, 3.8) is 0 Å². The molecule has 3 rings (SSSR count). The van der Waals surface area contributed by atoms with Gasteiger partial charge in [-0.1, -0.05) is 38.1 Å². The predicted octanol–water partition coefficient (Wildman–Crippen LogP) is 5.88. The van der Waals surface area contributed by atoms with E-state index in [1.165, 1.54) is 16.9 Å². The quantitative estimate of drug-likeness (QED) is 0.385. The van der Waals surface area contributed by atoms with Crippen LogP contribution in [0.2, 0.25) is 0 Å². The summed E-state index contributed by atoms with van der Waals surface area (Å²) in [6, 6.07) is 17.4. The number of aromatic nitrogens is 1. The third-order valence-corrected chi connectivity index (χ3v) is 5.22. The van der Waals surface area contributed by atoms with Crippen LogP contribution in [0.15, 0.2) is 59.5 Å². The van der Waals surface area contributed by atoms with Crippen molar-refractivity contribution < 1.29 is 9.53 Å². The van der Waals surface area contributed by atoms with E-state index in [9.17, 15) is 10.1 Å². The van der Waals surface area contributed by atoms with E-state index in [2.05, 4.69) is 24.1 Å². The molecule has 3 aromatic rings. The van der Waals surface area contributed by atoms with Crippen molar-refractivity contribution in [2.24, 2.45) is 0 Å². The van der Waals surface area contributed by atoms with Crippen molar-refractivity contribution in [3.8, 4) is 23.1 Å². The van der Waals surface area contributed by atoms with E-state index in [1.54, 1.807) is 6.08 Å². The first-order valence-electron chi connectivity index (χ1n) is 9.72. The summed E-state index contributed by atoms with van der Waals surface area (Å²) in [5.74, 6) is 0.754. The molecule has 5 nitrogen and oxygen atoms in total. The maximum atomic E-state index is 12.5. The minimum atomic E-state index is -0.474. The van der Waals surface area contributed by atoms with Gasteiger partial charge in [-0.3, -0.25) is 10.1 Å². The highest BCUT2D eigenvalue weighted by molar-refractivity contribution is 7.14. The summed E-state index contributed by atoms with van der Waals surface area (Å²) in [6.07, 6.45) is 1.58. The lowest BCUT2D eigenvalue weighted by atomic mass is 10.0. The zero-order valence-corrected chi connectivity index (χ0v) is 18.0. The fourth-order valence-electron chi connectivity index (χ4n) is 2.81. The molecule has 0 saturated carbocycles. The summed E-state index contributed by atoms with van der Waals surface area (Å²) in [7, 11) is 0. The SMILES string of the molecule is CCOc1ccc(-c2csc(NC(=O)/C(C#N)=C/c3ccc(C(C)C)cc3)n2)cc1. The second kappa shape index (κ2) is 9.86. The Balaban J connectivity index is 1.71. The van der Waals surface area contributed by atoms with Crippen LogP contribution in [0, 0.1) is 11.3 Å². The maximum absolute atomic E-state index is 12.5. The Morgan fingerprint density at radius 3 is 2.50 bits per heavy atom. The van der Waals surface area contributed by atoms with E-state index in [0.717, 1.165) is 22.6 Å². The molecule has 0 fully saturated rings. The van der Waals surface area contributed by atoms with Crippen LogP contribution in [0.3, 0.4) is 0 Å². The van der Waals surface area contributed by atoms with Crippen LogP contribution in [0.4, 0.5) is 5.13 Å². The van der Waals surface area contributed by atoms with Gasteiger partial charge in [0.25, 0.3) is 5.91 Å². The first-order valence-corrected chi connectivity index (χ1v) is 10.6. The number of hydrogen-bond donors (Lipinski definition) is 1. The molecule has 0 radical (unpaired) electrons. The predicted molar refractivity (Wildman–Crippen MR) is 121 cm³/mol. The van der Waals surface area contributed by atoms with E-state index < -0.39 is 5.91 Å². The van der Waals surface area contributed by atoms with Crippen LogP contribution < -0.4 is 10.1 Å². The molecule has 6 heteroatoms. The Morgan fingerprint density at radius 1 is 1.20 bits per heavy atom. The van der Waals surface area contributed by atoms with Crippen molar-refractivity contribution in [1.82, 2.24) is 4.98 Å². The number of carbonyl (C=O) groups excluding carboxylic acids is 1. The summed E-state index contributed by atoms with van der Waals surface area (Å²) in [4.78, 5) is 17.0. The van der Waals surface area contributed by atoms with Gasteiger partial charge in [-0.15, -0.1) is 11.3 Å². The Labute approximate surface area is 180 Å². The van der Waals surface area contributed by atoms with Gasteiger partial charge in [0.1, 0.15) is 17.4 Å². The van der Waals surface area contributed by atoms with Crippen LogP contribution in [0.1, 0.15) is 37.8 Å². The fourth-order valence-corrected chi connectivity index (χ4v) is 3.52. The topological polar surface area (TPSA) is 75.0 Å². The van der Waals surface area contributed by atoms with Crippen molar-refractivity contribution in [3.05, 3.63) is 70.6 Å². The third-order valence-electron chi connectivity index (χ3n) is 4.46. The highest BCUT2D eigenvalue weighted by Crippen LogP contribution is 2.27. The van der Waals surface area contributed by atoms with Gasteiger partial charge in [0.05, 0.1) is 12.3 Å². The highest BCUT2D eigenvalue weighted by atomic mass is 32.1. The first-order chi connectivity index (χ1) is 14.5. The molecule has 1 N–H and O–H groups in total. The molecule has 0 bridgehead atoms. The number of nitrogens with one attached hydrogen (secondary N) is 1. The molecule has 152 valence electrons. The van der Waals surface area contributed by atoms with E-state index in [-0.39, 0.29) is 5.57 Å². The molecule has 30 heavy (non-hydrogen) atoms. The Hall–Kier alpha value is -3.43. The number of amides is 1. The van der Waals surface area contributed by atoms with Crippen LogP contribution in [0.5, 0.6) is 5.75 Å². The van der Waals surface area contributed by atoms with E-state index in [1.807, 2.05) is 66.9 Å². The van der Waals surface area contributed by atoms with Crippen LogP contribution in [0.25, 0.3) is 17.3 Å². The molecule has 0 atom stereocenters. The summed E-state index contributed by atoms with van der Waals surface area (Å²) in [5, 5.41) is 14.5. The van der Waals surface area contributed by atoms with Crippen LogP contribution in [-0.2, 0) is 4.79 Å². The average molecular weight is 418 g/mol. The Bertz CT molecular complexity index is 1070. The number of nitrogens with zero attached hydrogens (tertiary/aromatic N) is 2. The Kier molecular flexibility index (Phi) is 6.99. The van der Waals surface area contributed by atoms with Gasteiger partial charge >= 0.3 is 0 Å². The van der Waals surface area contributed by atoms with Crippen molar-refractivity contribution in [2.75, 3.05) is 11.9 Å². The highest BCUT2D eigenvalue weighted by Gasteiger charge is 2.13. The number of ether oxygens (including phenoxy) is 1. The van der Waals surface area contributed by atoms with E-state index in [0.29, 0.717) is 17.7 Å². The number of benzene rings is 2. The molecule has 0 aliphatic rings. The lowest BCUT2D eigenvalue weighted by molar-refractivity contribution is -0.112. The zero-order chi connectivity index (χ0) is 21.5. The second-order valence-corrected chi connectivity index (χ2v) is 7.80. The van der Waals surface area contributed by atoms with Gasteiger partial charge in [0.2, 0.25) is 0 Å². The number of thiazole rings is 1. The van der Waals surface area contributed by atoms with E-state index >= 15 is 0 Å². The Morgan fingerprint density at radius 2 is 1.90 bits per heavy atom. The van der Waals surface area contributed by atoms with Gasteiger partial charge < -0.3 is 4.74 Å². The third kappa shape index (κ3) is 5.34. The normalized spacial score (nSPS) is 11.2. The maximum Gasteiger partial charge on any atom is 0.268 e. The fraction of sp³-hybridized carbons (Fsp3) is 0.208. The number of carbonyl (C=O) groups is 1. The molecule has 1 heterocycles. The first kappa shape index (κ1) is 21.3. The summed E-state index contributed by atoms with van der Waals surface area (Å²) in [5.41, 5.74) is 3.73. The largest absolute Gasteiger partial charge is 0.494 e. The number of hydrogen-bond acceptors (Lipinski definition) is 5. The molecule has 1 amide bonds. The molecule has 1 aromatic heterocycles. The second-order valence-electron chi connectivity index (χ2n) is 6.94. The molecule has 0 spiro atoms. The van der Waals surface area contributed by atoms with Gasteiger partial charge in [0.15, 0.2) is 5.13 Å². The molecule has 2 aromatic carbocycles. The average Bonchev–Trinajstić information content (AvgIpc) is 3.21. The monoisotopic (exact) mass is 417 g/mol. The lowest BCUT2D eigenvalue weighted by Crippen LogP contribution is -2.13. The van der Waals surface area contributed by atoms with Crippen molar-refractivity contribution in [2.45, 2.75) is 26.7 Å². The molecule has 0 saturated heterocycles. The van der Waals surface area contributed by atoms with Gasteiger partial charge in [-0.25, -0.2) is 4.98 Å². The van der Waals surface area contributed by atoms with Gasteiger partial charge in [0, 0.05) is 10.9 Å². The van der Waals surface area contributed by atoms with Crippen LogP contribution in [-0.4, -0.2) is 17.5 Å². The molecular formula is C24H23N3O2S. The summed E-state index contributed by atoms with van der Waals surface area (Å²) in [6.45, 7) is 6.79. The summed E-state index contributed by atoms with van der Waals surface area (Å²) < 4.78 is 5.45. The standard InChI is InChI=1S/C24H23N3O2S/c1-4-29-21-11-9-19(10-12-21)22-15-30-24(26-22)27-23(28)20(14-25)13-17-5-7-18(8-6-17)16(2)3/h5-13,15-16H,4H2,1-3H3,(H,26,27,28)/b20-13+. The molecular weight excluding hydrogens is 394 g/mol. The number of rotatable bonds is 7. The van der Waals surface area contributed by atoms with E-state index in [4.69, 9.17) is 4.74 Å². The number of nitriles is 1. The van der Waals surface area contributed by atoms with Crippen molar-refractivity contribution in [1.29, 1.82) is 5.26 Å². The molecule has 0 unspecified atom stereocenters. The minimum Gasteiger partial charge on any atom is -0.494 e. The zero-order valence-electron chi connectivity index (χ0n) is 17.2. The summed E-state index contributed by atoms with van der Waals surface area (Å²) >= 11 is 1.32. The lowest BCUT2D eigenvalue weighted by Gasteiger charge is -2.05. The van der Waals surface area contributed by atoms with Crippen molar-refractivity contribution >= 4 is 28.5 Å².